The smallest absolute Gasteiger partial charge is 0.291 e. The molecule has 3 aromatic rings. The van der Waals surface area contributed by atoms with Gasteiger partial charge in [0.05, 0.1) is 5.75 Å². The van der Waals surface area contributed by atoms with Crippen molar-refractivity contribution >= 4 is 23.4 Å². The van der Waals surface area contributed by atoms with E-state index in [1.165, 1.54) is 30.2 Å². The number of aromatic nitrogens is 3. The third-order valence-electron chi connectivity index (χ3n) is 3.08. The molecule has 0 saturated carbocycles. The van der Waals surface area contributed by atoms with Gasteiger partial charge >= 0.3 is 0 Å². The summed E-state index contributed by atoms with van der Waals surface area (Å²) in [6.45, 7) is 0. The van der Waals surface area contributed by atoms with Crippen LogP contribution in [-0.2, 0) is 12.8 Å². The van der Waals surface area contributed by atoms with E-state index in [2.05, 4.69) is 15.3 Å². The van der Waals surface area contributed by atoms with Crippen LogP contribution >= 0.6 is 11.8 Å². The van der Waals surface area contributed by atoms with Crippen LogP contribution in [0.25, 0.3) is 0 Å². The van der Waals surface area contributed by atoms with E-state index in [9.17, 15) is 9.59 Å². The van der Waals surface area contributed by atoms with Crippen molar-refractivity contribution in [3.63, 3.8) is 0 Å². The van der Waals surface area contributed by atoms with Gasteiger partial charge in [-0.1, -0.05) is 11.8 Å². The van der Waals surface area contributed by atoms with E-state index in [0.717, 1.165) is 5.16 Å². The highest BCUT2D eigenvalue weighted by molar-refractivity contribution is 7.98. The number of carbonyl (C=O) groups excluding carboxylic acids is 1. The maximum absolute atomic E-state index is 12.1. The van der Waals surface area contributed by atoms with E-state index < -0.39 is 5.91 Å². The molecule has 0 aliphatic rings. The minimum absolute atomic E-state index is 0.156. The first kappa shape index (κ1) is 15.2. The van der Waals surface area contributed by atoms with Gasteiger partial charge in [-0.05, 0) is 12.1 Å². The molecule has 0 unspecified atom stereocenters. The number of pyridine rings is 1. The predicted molar refractivity (Wildman–Crippen MR) is 86.5 cm³/mol. The summed E-state index contributed by atoms with van der Waals surface area (Å²) in [6.07, 6.45) is 6.51. The summed E-state index contributed by atoms with van der Waals surface area (Å²) in [7, 11) is 1.91. The quantitative estimate of drug-likeness (QED) is 0.700. The first-order chi connectivity index (χ1) is 11.1. The fourth-order valence-electron chi connectivity index (χ4n) is 1.90. The molecule has 3 rings (SSSR count). The molecular formula is C15H14N4O3S. The number of nitrogens with zero attached hydrogens (tertiary/aromatic N) is 2. The Morgan fingerprint density at radius 2 is 2.30 bits per heavy atom. The molecule has 2 N–H and O–H groups in total. The van der Waals surface area contributed by atoms with Crippen molar-refractivity contribution in [1.82, 2.24) is 14.5 Å². The average molecular weight is 330 g/mol. The van der Waals surface area contributed by atoms with Crippen molar-refractivity contribution < 1.29 is 9.21 Å². The number of hydrogen-bond donors (Lipinski definition) is 2. The third-order valence-corrected chi connectivity index (χ3v) is 4.16. The van der Waals surface area contributed by atoms with Crippen molar-refractivity contribution in [1.29, 1.82) is 0 Å². The van der Waals surface area contributed by atoms with E-state index in [1.807, 2.05) is 17.8 Å². The molecule has 3 heterocycles. The maximum Gasteiger partial charge on any atom is 0.291 e. The SMILES string of the molecule is Cn1ccnc1SCc1ccc(C(=O)Nc2c[nH]ccc2=O)o1. The Morgan fingerprint density at radius 1 is 1.43 bits per heavy atom. The van der Waals surface area contributed by atoms with Crippen molar-refractivity contribution in [2.24, 2.45) is 7.05 Å². The summed E-state index contributed by atoms with van der Waals surface area (Å²) in [5, 5.41) is 3.38. The summed E-state index contributed by atoms with van der Waals surface area (Å²) < 4.78 is 7.42. The maximum atomic E-state index is 12.1. The van der Waals surface area contributed by atoms with Crippen LogP contribution in [0.2, 0.25) is 0 Å². The molecule has 118 valence electrons. The van der Waals surface area contributed by atoms with Gasteiger partial charge in [-0.15, -0.1) is 0 Å². The highest BCUT2D eigenvalue weighted by Gasteiger charge is 2.13. The number of aryl methyl sites for hydroxylation is 1. The van der Waals surface area contributed by atoms with Crippen molar-refractivity contribution in [2.75, 3.05) is 5.32 Å². The number of thioether (sulfide) groups is 1. The number of rotatable bonds is 5. The Kier molecular flexibility index (Phi) is 4.33. The van der Waals surface area contributed by atoms with Crippen molar-refractivity contribution in [2.45, 2.75) is 10.9 Å². The summed E-state index contributed by atoms with van der Waals surface area (Å²) >= 11 is 1.51. The molecule has 0 bridgehead atoms. The molecule has 8 heteroatoms. The molecular weight excluding hydrogens is 316 g/mol. The van der Waals surface area contributed by atoms with E-state index >= 15 is 0 Å². The fraction of sp³-hybridized carbons (Fsp3) is 0.133. The first-order valence-electron chi connectivity index (χ1n) is 6.81. The Balaban J connectivity index is 1.64. The van der Waals surface area contributed by atoms with Gasteiger partial charge in [0.1, 0.15) is 11.4 Å². The van der Waals surface area contributed by atoms with Crippen LogP contribution in [0.1, 0.15) is 16.3 Å². The third kappa shape index (κ3) is 3.54. The second-order valence-corrected chi connectivity index (χ2v) is 5.69. The number of nitrogens with one attached hydrogen (secondary N) is 2. The lowest BCUT2D eigenvalue weighted by atomic mass is 10.3. The summed E-state index contributed by atoms with van der Waals surface area (Å²) in [5.41, 5.74) is -0.0907. The number of furan rings is 1. The zero-order valence-corrected chi connectivity index (χ0v) is 13.1. The second kappa shape index (κ2) is 6.57. The summed E-state index contributed by atoms with van der Waals surface area (Å²) in [5.74, 6) is 0.910. The number of hydrogen-bond acceptors (Lipinski definition) is 5. The molecule has 0 saturated heterocycles. The normalized spacial score (nSPS) is 10.7. The second-order valence-electron chi connectivity index (χ2n) is 4.75. The highest BCUT2D eigenvalue weighted by Crippen LogP contribution is 2.22. The van der Waals surface area contributed by atoms with Crippen LogP contribution < -0.4 is 10.7 Å². The number of aromatic amines is 1. The standard InChI is InChI=1S/C15H14N4O3S/c1-19-7-6-17-15(19)23-9-10-2-3-13(22-10)14(21)18-11-8-16-5-4-12(11)20/h2-8H,9H2,1H3,(H,16,20)(H,18,21). The Bertz CT molecular complexity index is 880. The molecule has 0 fully saturated rings. The summed E-state index contributed by atoms with van der Waals surface area (Å²) in [4.78, 5) is 30.6. The van der Waals surface area contributed by atoms with Gasteiger partial charge in [-0.2, -0.15) is 0 Å². The van der Waals surface area contributed by atoms with Gasteiger partial charge < -0.3 is 19.3 Å². The van der Waals surface area contributed by atoms with Crippen molar-refractivity contribution in [3.05, 3.63) is 64.7 Å². The lowest BCUT2D eigenvalue weighted by Gasteiger charge is -2.01. The molecule has 0 aromatic carbocycles. The molecule has 0 atom stereocenters. The predicted octanol–water partition coefficient (Wildman–Crippen LogP) is 2.25. The lowest BCUT2D eigenvalue weighted by molar-refractivity contribution is 0.0995. The van der Waals surface area contributed by atoms with Gasteiger partial charge in [-0.25, -0.2) is 4.98 Å². The van der Waals surface area contributed by atoms with E-state index in [-0.39, 0.29) is 16.9 Å². The largest absolute Gasteiger partial charge is 0.455 e. The van der Waals surface area contributed by atoms with Gasteiger partial charge in [0.2, 0.25) is 5.43 Å². The Morgan fingerprint density at radius 3 is 3.04 bits per heavy atom. The Labute approximate surface area is 135 Å². The van der Waals surface area contributed by atoms with Crippen molar-refractivity contribution in [3.8, 4) is 0 Å². The van der Waals surface area contributed by atoms with Crippen LogP contribution in [0.4, 0.5) is 5.69 Å². The molecule has 3 aromatic heterocycles. The molecule has 0 spiro atoms. The van der Waals surface area contributed by atoms with Crippen LogP contribution in [-0.4, -0.2) is 20.4 Å². The molecule has 0 aliphatic heterocycles. The minimum atomic E-state index is -0.463. The number of imidazole rings is 1. The zero-order valence-electron chi connectivity index (χ0n) is 12.3. The van der Waals surface area contributed by atoms with Crippen LogP contribution in [0.5, 0.6) is 0 Å². The van der Waals surface area contributed by atoms with Gasteiger partial charge in [0.25, 0.3) is 5.91 Å². The summed E-state index contributed by atoms with van der Waals surface area (Å²) in [6, 6.07) is 4.66. The number of H-pyrrole nitrogens is 1. The topological polar surface area (TPSA) is 92.9 Å². The fourth-order valence-corrected chi connectivity index (χ4v) is 2.73. The Hall–Kier alpha value is -2.74. The molecule has 0 radical (unpaired) electrons. The van der Waals surface area contributed by atoms with Crippen LogP contribution in [0.3, 0.4) is 0 Å². The zero-order chi connectivity index (χ0) is 16.2. The molecule has 0 aliphatic carbocycles. The highest BCUT2D eigenvalue weighted by atomic mass is 32.2. The lowest BCUT2D eigenvalue weighted by Crippen LogP contribution is -2.17. The van der Waals surface area contributed by atoms with Crippen LogP contribution in [0, 0.1) is 0 Å². The van der Waals surface area contributed by atoms with Crippen LogP contribution in [0.15, 0.2) is 57.4 Å². The first-order valence-corrected chi connectivity index (χ1v) is 7.79. The van der Waals surface area contributed by atoms with E-state index in [1.54, 1.807) is 18.3 Å². The number of amides is 1. The number of anilines is 1. The van der Waals surface area contributed by atoms with Gasteiger partial charge in [0.15, 0.2) is 10.9 Å². The monoisotopic (exact) mass is 330 g/mol. The van der Waals surface area contributed by atoms with Gasteiger partial charge in [0, 0.05) is 37.9 Å². The number of carbonyl (C=O) groups is 1. The minimum Gasteiger partial charge on any atom is -0.455 e. The molecule has 7 nitrogen and oxygen atoms in total. The average Bonchev–Trinajstić information content (AvgIpc) is 3.16. The molecule has 1 amide bonds. The van der Waals surface area contributed by atoms with E-state index in [4.69, 9.17) is 4.42 Å². The molecule has 23 heavy (non-hydrogen) atoms. The van der Waals surface area contributed by atoms with Gasteiger partial charge in [-0.3, -0.25) is 9.59 Å². The van der Waals surface area contributed by atoms with E-state index in [0.29, 0.717) is 11.5 Å².